The zero-order valence-electron chi connectivity index (χ0n) is 8.94. The molecule has 0 saturated carbocycles. The number of nitrogens with one attached hydrogen (secondary N) is 1. The fourth-order valence-electron chi connectivity index (χ4n) is 1.21. The van der Waals surface area contributed by atoms with Gasteiger partial charge in [0.15, 0.2) is 0 Å². The Hall–Kier alpha value is -2.56. The van der Waals surface area contributed by atoms with Crippen molar-refractivity contribution in [3.05, 3.63) is 39.4 Å². The second-order valence-electron chi connectivity index (χ2n) is 3.18. The Balaban J connectivity index is 3.08. The largest absolute Gasteiger partial charge is 0.351 e. The minimum Gasteiger partial charge on any atom is -0.351 e. The number of nitro benzene ring substituents is 1. The molecule has 0 unspecified atom stereocenters. The van der Waals surface area contributed by atoms with E-state index in [1.54, 1.807) is 6.07 Å². The molecular weight excluding hydrogens is 248 g/mol. The van der Waals surface area contributed by atoms with Crippen molar-refractivity contribution in [1.82, 2.24) is 5.32 Å². The molecule has 0 bridgehead atoms. The molecule has 94 valence electrons. The van der Waals surface area contributed by atoms with Crippen molar-refractivity contribution < 1.29 is 18.5 Å². The molecule has 18 heavy (non-hydrogen) atoms. The van der Waals surface area contributed by atoms with E-state index in [1.807, 2.05) is 0 Å². The second kappa shape index (κ2) is 5.67. The Morgan fingerprint density at radius 2 is 2.17 bits per heavy atom. The van der Waals surface area contributed by atoms with Gasteiger partial charge in [0.25, 0.3) is 5.91 Å². The van der Waals surface area contributed by atoms with Gasteiger partial charge in [0.05, 0.1) is 17.4 Å². The lowest BCUT2D eigenvalue weighted by atomic mass is 10.1. The second-order valence-corrected chi connectivity index (χ2v) is 3.18. The van der Waals surface area contributed by atoms with Crippen LogP contribution in [0.25, 0.3) is 0 Å². The van der Waals surface area contributed by atoms with Crippen molar-refractivity contribution >= 4 is 11.6 Å². The number of amides is 1. The molecule has 0 fully saturated rings. The number of hydrogen-bond acceptors (Lipinski definition) is 4. The van der Waals surface area contributed by atoms with Crippen LogP contribution in [0.15, 0.2) is 12.1 Å². The molecule has 0 aromatic heterocycles. The molecule has 1 rings (SSSR count). The lowest BCUT2D eigenvalue weighted by Crippen LogP contribution is -2.26. The van der Waals surface area contributed by atoms with Crippen molar-refractivity contribution in [2.75, 3.05) is 6.54 Å². The molecule has 1 aromatic rings. The molecule has 1 amide bonds. The molecular formula is C10H7F2N3O3. The summed E-state index contributed by atoms with van der Waals surface area (Å²) < 4.78 is 26.8. The summed E-state index contributed by atoms with van der Waals surface area (Å²) in [6.07, 6.45) is -0.0378. The van der Waals surface area contributed by atoms with E-state index in [0.29, 0.717) is 12.1 Å². The van der Waals surface area contributed by atoms with Gasteiger partial charge in [-0.15, -0.1) is 0 Å². The maximum atomic E-state index is 13.5. The number of halogens is 2. The molecule has 0 saturated heterocycles. The lowest BCUT2D eigenvalue weighted by Gasteiger charge is -2.05. The molecule has 0 aliphatic rings. The summed E-state index contributed by atoms with van der Waals surface area (Å²) in [4.78, 5) is 20.8. The van der Waals surface area contributed by atoms with Gasteiger partial charge in [-0.2, -0.15) is 9.65 Å². The first kappa shape index (κ1) is 13.5. The van der Waals surface area contributed by atoms with Gasteiger partial charge in [0, 0.05) is 12.6 Å². The Labute approximate surface area is 100.0 Å². The topological polar surface area (TPSA) is 96.0 Å². The van der Waals surface area contributed by atoms with Crippen LogP contribution >= 0.6 is 0 Å². The van der Waals surface area contributed by atoms with Crippen LogP contribution in [0.4, 0.5) is 14.5 Å². The molecule has 0 aliphatic carbocycles. The highest BCUT2D eigenvalue weighted by molar-refractivity contribution is 5.95. The van der Waals surface area contributed by atoms with Crippen molar-refractivity contribution in [3.63, 3.8) is 0 Å². The molecule has 6 nitrogen and oxygen atoms in total. The summed E-state index contributed by atoms with van der Waals surface area (Å²) in [5.74, 6) is -3.87. The zero-order chi connectivity index (χ0) is 13.7. The van der Waals surface area contributed by atoms with Crippen LogP contribution in [0.3, 0.4) is 0 Å². The smallest absolute Gasteiger partial charge is 0.305 e. The summed E-state index contributed by atoms with van der Waals surface area (Å²) in [7, 11) is 0. The predicted octanol–water partition coefficient (Wildman–Crippen LogP) is 1.52. The normalized spacial score (nSPS) is 9.61. The number of nitriles is 1. The number of nitrogens with zero attached hydrogens (tertiary/aromatic N) is 2. The van der Waals surface area contributed by atoms with Gasteiger partial charge < -0.3 is 5.32 Å². The molecule has 8 heteroatoms. The minimum absolute atomic E-state index is 0.0378. The first-order chi connectivity index (χ1) is 8.49. The number of carbonyl (C=O) groups excluding carboxylic acids is 1. The molecule has 0 radical (unpaired) electrons. The fraction of sp³-hybridized carbons (Fsp3) is 0.200. The summed E-state index contributed by atoms with van der Waals surface area (Å²) in [5.41, 5.74) is -2.01. The standard InChI is InChI=1S/C10H7F2N3O3/c11-6-2-3-7(15(17)18)9(12)8(6)10(16)14-5-1-4-13/h2-3H,1,5H2,(H,14,16). The van der Waals surface area contributed by atoms with Crippen LogP contribution in [0.1, 0.15) is 16.8 Å². The number of hydrogen-bond donors (Lipinski definition) is 1. The quantitative estimate of drug-likeness (QED) is 0.501. The third-order valence-electron chi connectivity index (χ3n) is 2.02. The van der Waals surface area contributed by atoms with Gasteiger partial charge in [0.2, 0.25) is 5.82 Å². The van der Waals surface area contributed by atoms with E-state index in [2.05, 4.69) is 5.32 Å². The van der Waals surface area contributed by atoms with Gasteiger partial charge in [-0.3, -0.25) is 14.9 Å². The van der Waals surface area contributed by atoms with Crippen molar-refractivity contribution in [1.29, 1.82) is 5.26 Å². The van der Waals surface area contributed by atoms with Crippen LogP contribution < -0.4 is 5.32 Å². The van der Waals surface area contributed by atoms with Gasteiger partial charge in [-0.05, 0) is 6.07 Å². The van der Waals surface area contributed by atoms with E-state index in [4.69, 9.17) is 5.26 Å². The first-order valence-corrected chi connectivity index (χ1v) is 4.76. The third-order valence-corrected chi connectivity index (χ3v) is 2.02. The highest BCUT2D eigenvalue weighted by atomic mass is 19.1. The third kappa shape index (κ3) is 2.76. The van der Waals surface area contributed by atoms with Crippen molar-refractivity contribution in [2.45, 2.75) is 6.42 Å². The Morgan fingerprint density at radius 3 is 2.72 bits per heavy atom. The Morgan fingerprint density at radius 1 is 1.50 bits per heavy atom. The van der Waals surface area contributed by atoms with Crippen LogP contribution in [0.2, 0.25) is 0 Å². The minimum atomic E-state index is -1.53. The molecule has 0 atom stereocenters. The average Bonchev–Trinajstić information content (AvgIpc) is 2.28. The van der Waals surface area contributed by atoms with Crippen LogP contribution in [0, 0.1) is 33.1 Å². The number of carbonyl (C=O) groups is 1. The van der Waals surface area contributed by atoms with Crippen molar-refractivity contribution in [3.8, 4) is 6.07 Å². The molecule has 0 aliphatic heterocycles. The highest BCUT2D eigenvalue weighted by Gasteiger charge is 2.25. The number of benzene rings is 1. The maximum Gasteiger partial charge on any atom is 0.305 e. The van der Waals surface area contributed by atoms with E-state index >= 15 is 0 Å². The monoisotopic (exact) mass is 255 g/mol. The van der Waals surface area contributed by atoms with Crippen LogP contribution in [-0.4, -0.2) is 17.4 Å². The first-order valence-electron chi connectivity index (χ1n) is 4.76. The van der Waals surface area contributed by atoms with Crippen molar-refractivity contribution in [2.24, 2.45) is 0 Å². The average molecular weight is 255 g/mol. The number of rotatable bonds is 4. The van der Waals surface area contributed by atoms with Crippen LogP contribution in [-0.2, 0) is 0 Å². The van der Waals surface area contributed by atoms with Gasteiger partial charge in [-0.25, -0.2) is 4.39 Å². The number of nitro groups is 1. The van der Waals surface area contributed by atoms with Gasteiger partial charge in [0.1, 0.15) is 11.4 Å². The molecule has 1 aromatic carbocycles. The van der Waals surface area contributed by atoms with Crippen LogP contribution in [0.5, 0.6) is 0 Å². The summed E-state index contributed by atoms with van der Waals surface area (Å²) in [5, 5.41) is 20.8. The van der Waals surface area contributed by atoms with E-state index in [0.717, 1.165) is 0 Å². The fourth-order valence-corrected chi connectivity index (χ4v) is 1.21. The summed E-state index contributed by atoms with van der Waals surface area (Å²) >= 11 is 0. The zero-order valence-corrected chi connectivity index (χ0v) is 8.94. The molecule has 0 spiro atoms. The molecule has 0 heterocycles. The van der Waals surface area contributed by atoms with E-state index in [1.165, 1.54) is 0 Å². The SMILES string of the molecule is N#CCCNC(=O)c1c(F)ccc([N+](=O)[O-])c1F. The highest BCUT2D eigenvalue weighted by Crippen LogP contribution is 2.22. The van der Waals surface area contributed by atoms with E-state index < -0.39 is 33.7 Å². The summed E-state index contributed by atoms with van der Waals surface area (Å²) in [6.45, 7) is -0.100. The molecule has 1 N–H and O–H groups in total. The summed E-state index contributed by atoms with van der Waals surface area (Å²) in [6, 6.07) is 3.00. The lowest BCUT2D eigenvalue weighted by molar-refractivity contribution is -0.387. The van der Waals surface area contributed by atoms with Gasteiger partial charge >= 0.3 is 5.69 Å². The maximum absolute atomic E-state index is 13.5. The van der Waals surface area contributed by atoms with Gasteiger partial charge in [-0.1, -0.05) is 0 Å². The Bertz CT molecular complexity index is 540. The Kier molecular flexibility index (Phi) is 4.26. The van der Waals surface area contributed by atoms with E-state index in [-0.39, 0.29) is 13.0 Å². The van der Waals surface area contributed by atoms with E-state index in [9.17, 15) is 23.7 Å². The predicted molar refractivity (Wildman–Crippen MR) is 55.6 cm³/mol.